The zero-order valence-electron chi connectivity index (χ0n) is 8.44. The number of nitrogens with zero attached hydrogens (tertiary/aromatic N) is 2. The van der Waals surface area contributed by atoms with Gasteiger partial charge in [-0.15, -0.1) is 0 Å². The van der Waals surface area contributed by atoms with Crippen molar-refractivity contribution in [2.45, 2.75) is 20.0 Å². The number of aromatic nitrogens is 1. The van der Waals surface area contributed by atoms with Gasteiger partial charge in [-0.05, 0) is 6.92 Å². The van der Waals surface area contributed by atoms with Crippen LogP contribution in [-0.2, 0) is 6.61 Å². The first-order valence-corrected chi connectivity index (χ1v) is 4.74. The Labute approximate surface area is 87.6 Å². The lowest BCUT2D eigenvalue weighted by Gasteiger charge is -2.10. The summed E-state index contributed by atoms with van der Waals surface area (Å²) in [5.41, 5.74) is 2.56. The molecular formula is C11H12N2O2. The van der Waals surface area contributed by atoms with Crippen molar-refractivity contribution < 1.29 is 10.2 Å². The molecule has 1 aliphatic heterocycles. The first kappa shape index (κ1) is 9.86. The van der Waals surface area contributed by atoms with Crippen molar-refractivity contribution in [3.8, 4) is 5.75 Å². The molecule has 0 radical (unpaired) electrons. The number of aliphatic hydroxyl groups excluding tert-OH is 1. The monoisotopic (exact) mass is 205 g/mol. The van der Waals surface area contributed by atoms with Gasteiger partial charge in [0.2, 0.25) is 0 Å². The Hall–Kier alpha value is -1.68. The largest absolute Gasteiger partial charge is 0.505 e. The summed E-state index contributed by atoms with van der Waals surface area (Å²) < 4.78 is 0. The Morgan fingerprint density at radius 3 is 2.87 bits per heavy atom. The van der Waals surface area contributed by atoms with E-state index in [4.69, 9.17) is 5.11 Å². The molecule has 0 unspecified atom stereocenters. The van der Waals surface area contributed by atoms with Crippen LogP contribution in [0.15, 0.2) is 23.5 Å². The van der Waals surface area contributed by atoms with Crippen molar-refractivity contribution in [3.63, 3.8) is 0 Å². The summed E-state index contributed by atoms with van der Waals surface area (Å²) >= 11 is 0. The molecule has 78 valence electrons. The van der Waals surface area contributed by atoms with Crippen molar-refractivity contribution in [2.75, 3.05) is 0 Å². The molecule has 1 aromatic heterocycles. The quantitative estimate of drug-likeness (QED) is 0.715. The number of aryl methyl sites for hydroxylation is 1. The molecular weight excluding hydrogens is 193 g/mol. The molecule has 0 saturated heterocycles. The van der Waals surface area contributed by atoms with Crippen LogP contribution >= 0.6 is 0 Å². The van der Waals surface area contributed by atoms with Crippen LogP contribution in [-0.4, -0.2) is 20.9 Å². The fraction of sp³-hybridized carbons (Fsp3) is 0.273. The van der Waals surface area contributed by atoms with Crippen LogP contribution in [0.5, 0.6) is 5.75 Å². The molecule has 0 bridgehead atoms. The molecule has 0 fully saturated rings. The van der Waals surface area contributed by atoms with Gasteiger partial charge >= 0.3 is 0 Å². The average molecular weight is 205 g/mol. The molecule has 0 aromatic carbocycles. The first-order valence-electron chi connectivity index (χ1n) is 4.74. The Kier molecular flexibility index (Phi) is 2.51. The van der Waals surface area contributed by atoms with Crippen LogP contribution in [0.1, 0.15) is 23.2 Å². The van der Waals surface area contributed by atoms with Gasteiger partial charge in [-0.1, -0.05) is 6.08 Å². The third-order valence-electron chi connectivity index (χ3n) is 2.42. The van der Waals surface area contributed by atoms with Crippen molar-refractivity contribution >= 4 is 5.71 Å². The molecule has 2 heterocycles. The number of hydrogen-bond acceptors (Lipinski definition) is 4. The lowest BCUT2D eigenvalue weighted by Crippen LogP contribution is -2.05. The number of pyridine rings is 1. The van der Waals surface area contributed by atoms with Crippen LogP contribution in [0, 0.1) is 6.92 Å². The highest BCUT2D eigenvalue weighted by Crippen LogP contribution is 2.27. The van der Waals surface area contributed by atoms with Gasteiger partial charge in [0.15, 0.2) is 0 Å². The minimum atomic E-state index is -0.144. The fourth-order valence-corrected chi connectivity index (χ4v) is 1.60. The summed E-state index contributed by atoms with van der Waals surface area (Å²) in [7, 11) is 0. The number of allylic oxidation sites excluding steroid dienone is 1. The van der Waals surface area contributed by atoms with Gasteiger partial charge in [0.05, 0.1) is 18.0 Å². The van der Waals surface area contributed by atoms with E-state index in [-0.39, 0.29) is 12.4 Å². The zero-order valence-corrected chi connectivity index (χ0v) is 8.44. The Balaban J connectivity index is 2.56. The van der Waals surface area contributed by atoms with Gasteiger partial charge < -0.3 is 10.2 Å². The van der Waals surface area contributed by atoms with Crippen molar-refractivity contribution in [2.24, 2.45) is 4.99 Å². The summed E-state index contributed by atoms with van der Waals surface area (Å²) in [5.74, 6) is 0.115. The summed E-state index contributed by atoms with van der Waals surface area (Å²) in [5, 5.41) is 19.1. The molecule has 0 amide bonds. The SMILES string of the molecule is Cc1ncc(CO)c(C2=[15N]C=CC2)c1O. The van der Waals surface area contributed by atoms with Crippen molar-refractivity contribution in [1.29, 1.82) is 0 Å². The topological polar surface area (TPSA) is 65.7 Å². The maximum atomic E-state index is 9.89. The summed E-state index contributed by atoms with van der Waals surface area (Å²) in [6, 6.07) is 0. The van der Waals surface area contributed by atoms with Gasteiger partial charge in [0.25, 0.3) is 0 Å². The number of aromatic hydroxyl groups is 1. The standard InChI is InChI=1S/C11H12N2O2/c1-7-11(15)10(8(6-14)5-13-7)9-3-2-4-12-9/h2,4-5,14-15H,3,6H2,1H3/i12+1. The highest BCUT2D eigenvalue weighted by Gasteiger charge is 2.17. The summed E-state index contributed by atoms with van der Waals surface area (Å²) in [6.07, 6.45) is 5.87. The second-order valence-corrected chi connectivity index (χ2v) is 3.42. The molecule has 1 aromatic rings. The van der Waals surface area contributed by atoms with Gasteiger partial charge in [-0.3, -0.25) is 9.98 Å². The highest BCUT2D eigenvalue weighted by atomic mass is 16.3. The van der Waals surface area contributed by atoms with E-state index >= 15 is 0 Å². The van der Waals surface area contributed by atoms with Crippen LogP contribution < -0.4 is 0 Å². The van der Waals surface area contributed by atoms with E-state index < -0.39 is 0 Å². The molecule has 4 nitrogen and oxygen atoms in total. The lowest BCUT2D eigenvalue weighted by molar-refractivity contribution is 0.280. The third kappa shape index (κ3) is 1.64. The maximum absolute atomic E-state index is 9.89. The molecule has 0 atom stereocenters. The Morgan fingerprint density at radius 2 is 2.27 bits per heavy atom. The predicted molar refractivity (Wildman–Crippen MR) is 56.9 cm³/mol. The third-order valence-corrected chi connectivity index (χ3v) is 2.42. The molecule has 0 aliphatic carbocycles. The minimum absolute atomic E-state index is 0.115. The van der Waals surface area contributed by atoms with Crippen molar-refractivity contribution in [3.05, 3.63) is 35.3 Å². The summed E-state index contributed by atoms with van der Waals surface area (Å²) in [4.78, 5) is 8.15. The fourth-order valence-electron chi connectivity index (χ4n) is 1.60. The highest BCUT2D eigenvalue weighted by molar-refractivity contribution is 6.06. The normalized spacial score (nSPS) is 14.4. The van der Waals surface area contributed by atoms with Gasteiger partial charge in [0.1, 0.15) is 5.75 Å². The number of aliphatic imine (C=N–C) groups is 1. The molecule has 15 heavy (non-hydrogen) atoms. The maximum Gasteiger partial charge on any atom is 0.146 e. The molecule has 0 spiro atoms. The van der Waals surface area contributed by atoms with E-state index in [2.05, 4.69) is 9.98 Å². The van der Waals surface area contributed by atoms with Gasteiger partial charge in [0, 0.05) is 29.9 Å². The van der Waals surface area contributed by atoms with Gasteiger partial charge in [-0.25, -0.2) is 0 Å². The smallest absolute Gasteiger partial charge is 0.146 e. The second-order valence-electron chi connectivity index (χ2n) is 3.42. The van der Waals surface area contributed by atoms with Crippen LogP contribution in [0.3, 0.4) is 0 Å². The Bertz CT molecular complexity index is 450. The molecule has 2 N–H and O–H groups in total. The summed E-state index contributed by atoms with van der Waals surface area (Å²) in [6.45, 7) is 1.58. The number of rotatable bonds is 2. The minimum Gasteiger partial charge on any atom is -0.505 e. The average Bonchev–Trinajstić information content (AvgIpc) is 2.75. The van der Waals surface area contributed by atoms with E-state index in [1.54, 1.807) is 19.3 Å². The second kappa shape index (κ2) is 3.82. The molecule has 2 rings (SSSR count). The predicted octanol–water partition coefficient (Wildman–Crippen LogP) is 1.29. The van der Waals surface area contributed by atoms with E-state index in [0.29, 0.717) is 23.2 Å². The Morgan fingerprint density at radius 1 is 1.47 bits per heavy atom. The molecule has 4 heteroatoms. The lowest BCUT2D eigenvalue weighted by atomic mass is 10.0. The number of hydrogen-bond donors (Lipinski definition) is 2. The zero-order chi connectivity index (χ0) is 10.8. The van der Waals surface area contributed by atoms with E-state index in [0.717, 1.165) is 5.71 Å². The molecule has 0 saturated carbocycles. The number of aliphatic hydroxyl groups is 1. The van der Waals surface area contributed by atoms with Crippen LogP contribution in [0.2, 0.25) is 0 Å². The van der Waals surface area contributed by atoms with E-state index in [1.807, 2.05) is 6.08 Å². The molecule has 1 aliphatic rings. The van der Waals surface area contributed by atoms with Crippen LogP contribution in [0.25, 0.3) is 0 Å². The van der Waals surface area contributed by atoms with E-state index in [1.165, 1.54) is 0 Å². The first-order chi connectivity index (χ1) is 7.24. The van der Waals surface area contributed by atoms with Gasteiger partial charge in [-0.2, -0.15) is 0 Å². The van der Waals surface area contributed by atoms with Crippen LogP contribution in [0.4, 0.5) is 0 Å². The van der Waals surface area contributed by atoms with E-state index in [9.17, 15) is 5.11 Å². The van der Waals surface area contributed by atoms with Crippen molar-refractivity contribution in [1.82, 2.24) is 4.98 Å².